The zero-order valence-electron chi connectivity index (χ0n) is 11.4. The molecule has 0 aliphatic rings. The minimum Gasteiger partial charge on any atom is -0.489 e. The van der Waals surface area contributed by atoms with Gasteiger partial charge in [-0.25, -0.2) is 0 Å². The summed E-state index contributed by atoms with van der Waals surface area (Å²) in [5.41, 5.74) is 0.931. The molecular formula is C13H18N4OS. The van der Waals surface area contributed by atoms with E-state index in [2.05, 4.69) is 27.4 Å². The number of hydrogen-bond donors (Lipinski definition) is 1. The van der Waals surface area contributed by atoms with Crippen LogP contribution in [-0.4, -0.2) is 27.8 Å². The van der Waals surface area contributed by atoms with Crippen molar-refractivity contribution < 1.29 is 4.74 Å². The van der Waals surface area contributed by atoms with Crippen molar-refractivity contribution in [1.29, 1.82) is 0 Å². The average molecular weight is 278 g/mol. The Kier molecular flexibility index (Phi) is 4.68. The van der Waals surface area contributed by atoms with Gasteiger partial charge >= 0.3 is 0 Å². The van der Waals surface area contributed by atoms with Crippen LogP contribution in [0.15, 0.2) is 18.5 Å². The topological polar surface area (TPSA) is 59.9 Å². The second kappa shape index (κ2) is 6.47. The van der Waals surface area contributed by atoms with Gasteiger partial charge in [-0.3, -0.25) is 4.98 Å². The summed E-state index contributed by atoms with van der Waals surface area (Å²) >= 11 is 1.52. The highest BCUT2D eigenvalue weighted by Gasteiger charge is 2.08. The first-order chi connectivity index (χ1) is 9.19. The number of nitrogens with zero attached hydrogens (tertiary/aromatic N) is 3. The highest BCUT2D eigenvalue weighted by atomic mass is 32.1. The Morgan fingerprint density at radius 2 is 2.16 bits per heavy atom. The molecule has 0 aliphatic carbocycles. The van der Waals surface area contributed by atoms with E-state index in [4.69, 9.17) is 4.74 Å². The Morgan fingerprint density at radius 3 is 2.89 bits per heavy atom. The molecule has 2 rings (SSSR count). The van der Waals surface area contributed by atoms with Crippen molar-refractivity contribution in [2.24, 2.45) is 0 Å². The summed E-state index contributed by atoms with van der Waals surface area (Å²) in [6, 6.07) is 1.94. The van der Waals surface area contributed by atoms with Crippen molar-refractivity contribution in [2.75, 3.05) is 11.9 Å². The van der Waals surface area contributed by atoms with Gasteiger partial charge in [-0.2, -0.15) is 0 Å². The maximum Gasteiger partial charge on any atom is 0.206 e. The molecule has 0 aliphatic heterocycles. The lowest BCUT2D eigenvalue weighted by atomic mass is 10.3. The predicted molar refractivity (Wildman–Crippen MR) is 77.7 cm³/mol. The smallest absolute Gasteiger partial charge is 0.206 e. The molecule has 0 spiro atoms. The Bertz CT molecular complexity index is 527. The van der Waals surface area contributed by atoms with Gasteiger partial charge in [0.1, 0.15) is 5.75 Å². The Labute approximate surface area is 117 Å². The Balaban J connectivity index is 2.14. The summed E-state index contributed by atoms with van der Waals surface area (Å²) in [6.07, 6.45) is 4.68. The molecule has 0 unspecified atom stereocenters. The van der Waals surface area contributed by atoms with E-state index >= 15 is 0 Å². The first-order valence-electron chi connectivity index (χ1n) is 6.38. The molecule has 102 valence electrons. The minimum atomic E-state index is 0.133. The second-order valence-electron chi connectivity index (χ2n) is 4.42. The third-order valence-electron chi connectivity index (χ3n) is 2.28. The molecule has 0 radical (unpaired) electrons. The fourth-order valence-corrected chi connectivity index (χ4v) is 2.27. The summed E-state index contributed by atoms with van der Waals surface area (Å²) in [7, 11) is 0. The molecule has 2 aromatic rings. The third-order valence-corrected chi connectivity index (χ3v) is 3.21. The largest absolute Gasteiger partial charge is 0.489 e. The van der Waals surface area contributed by atoms with Crippen LogP contribution >= 0.6 is 11.3 Å². The van der Waals surface area contributed by atoms with Gasteiger partial charge in [0.2, 0.25) is 5.13 Å². The van der Waals surface area contributed by atoms with Crippen molar-refractivity contribution >= 4 is 16.5 Å². The maximum absolute atomic E-state index is 5.63. The molecule has 0 aromatic carbocycles. The van der Waals surface area contributed by atoms with Crippen LogP contribution in [0.5, 0.6) is 5.75 Å². The zero-order valence-corrected chi connectivity index (χ0v) is 12.2. The summed E-state index contributed by atoms with van der Waals surface area (Å²) < 4.78 is 5.63. The molecule has 5 nitrogen and oxygen atoms in total. The fourth-order valence-electron chi connectivity index (χ4n) is 1.52. The van der Waals surface area contributed by atoms with Crippen molar-refractivity contribution in [1.82, 2.24) is 15.2 Å². The van der Waals surface area contributed by atoms with E-state index < -0.39 is 0 Å². The van der Waals surface area contributed by atoms with Crippen molar-refractivity contribution in [3.8, 4) is 16.3 Å². The summed E-state index contributed by atoms with van der Waals surface area (Å²) in [5.74, 6) is 0.755. The number of rotatable bonds is 6. The van der Waals surface area contributed by atoms with E-state index in [1.165, 1.54) is 11.3 Å². The van der Waals surface area contributed by atoms with Gasteiger partial charge in [-0.1, -0.05) is 18.3 Å². The number of anilines is 1. The van der Waals surface area contributed by atoms with E-state index in [0.29, 0.717) is 0 Å². The van der Waals surface area contributed by atoms with Gasteiger partial charge in [-0.05, 0) is 26.3 Å². The van der Waals surface area contributed by atoms with Crippen LogP contribution in [0.2, 0.25) is 0 Å². The van der Waals surface area contributed by atoms with Gasteiger partial charge in [-0.15, -0.1) is 10.2 Å². The number of nitrogens with one attached hydrogen (secondary N) is 1. The zero-order chi connectivity index (χ0) is 13.7. The molecule has 19 heavy (non-hydrogen) atoms. The number of hydrogen-bond acceptors (Lipinski definition) is 6. The van der Waals surface area contributed by atoms with Crippen LogP contribution in [0.3, 0.4) is 0 Å². The van der Waals surface area contributed by atoms with Gasteiger partial charge in [0.25, 0.3) is 0 Å². The standard InChI is InChI=1S/C13H18N4OS/c1-4-5-15-13-17-16-12(19-13)10-6-11(8-14-7-10)18-9(2)3/h6-9H,4-5H2,1-3H3,(H,15,17). The van der Waals surface area contributed by atoms with Crippen molar-refractivity contribution in [2.45, 2.75) is 33.3 Å². The highest BCUT2D eigenvalue weighted by molar-refractivity contribution is 7.18. The lowest BCUT2D eigenvalue weighted by molar-refractivity contribution is 0.241. The molecule has 2 heterocycles. The van der Waals surface area contributed by atoms with Crippen LogP contribution in [0, 0.1) is 0 Å². The molecule has 0 atom stereocenters. The van der Waals surface area contributed by atoms with Crippen LogP contribution in [0.25, 0.3) is 10.6 Å². The van der Waals surface area contributed by atoms with Gasteiger partial charge in [0.15, 0.2) is 5.01 Å². The molecule has 2 aromatic heterocycles. The molecule has 0 saturated heterocycles. The van der Waals surface area contributed by atoms with E-state index in [1.54, 1.807) is 12.4 Å². The number of ether oxygens (including phenoxy) is 1. The highest BCUT2D eigenvalue weighted by Crippen LogP contribution is 2.28. The van der Waals surface area contributed by atoms with Crippen LogP contribution in [-0.2, 0) is 0 Å². The molecule has 0 saturated carbocycles. The summed E-state index contributed by atoms with van der Waals surface area (Å²) in [6.45, 7) is 7.00. The Hall–Kier alpha value is -1.69. The SMILES string of the molecule is CCCNc1nnc(-c2cncc(OC(C)C)c2)s1. The van der Waals surface area contributed by atoms with E-state index in [9.17, 15) is 0 Å². The predicted octanol–water partition coefficient (Wildman–Crippen LogP) is 3.21. The summed E-state index contributed by atoms with van der Waals surface area (Å²) in [4.78, 5) is 4.18. The van der Waals surface area contributed by atoms with E-state index in [1.807, 2.05) is 19.9 Å². The molecule has 0 bridgehead atoms. The lowest BCUT2D eigenvalue weighted by Crippen LogP contribution is -2.05. The van der Waals surface area contributed by atoms with Crippen LogP contribution in [0.4, 0.5) is 5.13 Å². The summed E-state index contributed by atoms with van der Waals surface area (Å²) in [5, 5.41) is 13.2. The van der Waals surface area contributed by atoms with Gasteiger partial charge in [0, 0.05) is 18.3 Å². The molecule has 0 fully saturated rings. The number of pyridine rings is 1. The molecule has 6 heteroatoms. The average Bonchev–Trinajstić information content (AvgIpc) is 2.84. The normalized spacial score (nSPS) is 10.7. The first-order valence-corrected chi connectivity index (χ1v) is 7.20. The lowest BCUT2D eigenvalue weighted by Gasteiger charge is -2.09. The van der Waals surface area contributed by atoms with Crippen LogP contribution < -0.4 is 10.1 Å². The molecule has 1 N–H and O–H groups in total. The number of aromatic nitrogens is 3. The van der Waals surface area contributed by atoms with Gasteiger partial charge in [0.05, 0.1) is 12.3 Å². The third kappa shape index (κ3) is 3.89. The monoisotopic (exact) mass is 278 g/mol. The maximum atomic E-state index is 5.63. The second-order valence-corrected chi connectivity index (χ2v) is 5.39. The Morgan fingerprint density at radius 1 is 1.32 bits per heavy atom. The van der Waals surface area contributed by atoms with E-state index in [0.717, 1.165) is 34.4 Å². The first kappa shape index (κ1) is 13.7. The van der Waals surface area contributed by atoms with Crippen molar-refractivity contribution in [3.05, 3.63) is 18.5 Å². The minimum absolute atomic E-state index is 0.133. The van der Waals surface area contributed by atoms with Crippen LogP contribution in [0.1, 0.15) is 27.2 Å². The molecule has 0 amide bonds. The van der Waals surface area contributed by atoms with E-state index in [-0.39, 0.29) is 6.10 Å². The van der Waals surface area contributed by atoms with Crippen molar-refractivity contribution in [3.63, 3.8) is 0 Å². The van der Waals surface area contributed by atoms with Gasteiger partial charge < -0.3 is 10.1 Å². The quantitative estimate of drug-likeness (QED) is 0.879. The molecular weight excluding hydrogens is 260 g/mol. The fraction of sp³-hybridized carbons (Fsp3) is 0.462.